The van der Waals surface area contributed by atoms with E-state index in [-0.39, 0.29) is 5.41 Å². The third-order valence-corrected chi connectivity index (χ3v) is 4.26. The zero-order valence-electron chi connectivity index (χ0n) is 14.0. The molecule has 1 unspecified atom stereocenters. The summed E-state index contributed by atoms with van der Waals surface area (Å²) in [5.74, 6) is 0. The van der Waals surface area contributed by atoms with Crippen LogP contribution in [-0.4, -0.2) is 44.3 Å². The fraction of sp³-hybridized carbons (Fsp3) is 0.667. The Kier molecular flexibility index (Phi) is 5.80. The predicted molar refractivity (Wildman–Crippen MR) is 88.8 cm³/mol. The molecule has 0 saturated carbocycles. The Morgan fingerprint density at radius 2 is 1.76 bits per heavy atom. The molecule has 118 valence electrons. The summed E-state index contributed by atoms with van der Waals surface area (Å²) >= 11 is 0. The van der Waals surface area contributed by atoms with Gasteiger partial charge in [0.05, 0.1) is 13.2 Å². The van der Waals surface area contributed by atoms with Crippen molar-refractivity contribution in [3.05, 3.63) is 35.4 Å². The van der Waals surface area contributed by atoms with Crippen LogP contribution in [0, 0.1) is 0 Å². The maximum atomic E-state index is 5.37. The Balaban J connectivity index is 1.78. The molecule has 0 aromatic heterocycles. The quantitative estimate of drug-likeness (QED) is 0.902. The normalized spacial score (nSPS) is 18.7. The third-order valence-electron chi connectivity index (χ3n) is 4.26. The molecule has 0 aliphatic carbocycles. The summed E-state index contributed by atoms with van der Waals surface area (Å²) < 4.78 is 5.37. The van der Waals surface area contributed by atoms with Gasteiger partial charge < -0.3 is 10.1 Å². The summed E-state index contributed by atoms with van der Waals surface area (Å²) in [6, 6.07) is 9.44. The minimum atomic E-state index is 0.228. The lowest BCUT2D eigenvalue weighted by Gasteiger charge is -2.27. The van der Waals surface area contributed by atoms with Crippen molar-refractivity contribution in [1.82, 2.24) is 10.2 Å². The smallest absolute Gasteiger partial charge is 0.0594 e. The van der Waals surface area contributed by atoms with Gasteiger partial charge in [-0.15, -0.1) is 0 Å². The van der Waals surface area contributed by atoms with Crippen LogP contribution in [0.4, 0.5) is 0 Å². The highest BCUT2D eigenvalue weighted by Gasteiger charge is 2.14. The van der Waals surface area contributed by atoms with Crippen molar-refractivity contribution in [2.45, 2.75) is 39.2 Å². The highest BCUT2D eigenvalue weighted by atomic mass is 16.5. The lowest BCUT2D eigenvalue weighted by atomic mass is 9.86. The molecular weight excluding hydrogens is 260 g/mol. The monoisotopic (exact) mass is 290 g/mol. The Labute approximate surface area is 129 Å². The van der Waals surface area contributed by atoms with Crippen molar-refractivity contribution in [3.63, 3.8) is 0 Å². The SMILES string of the molecule is CC(NCCN1CCOCC1)c1ccc(C(C)(C)C)cc1. The fourth-order valence-electron chi connectivity index (χ4n) is 2.65. The van der Waals surface area contributed by atoms with Gasteiger partial charge in [-0.1, -0.05) is 45.0 Å². The van der Waals surface area contributed by atoms with Crippen LogP contribution >= 0.6 is 0 Å². The van der Waals surface area contributed by atoms with Gasteiger partial charge in [0, 0.05) is 32.2 Å². The Bertz CT molecular complexity index is 416. The second-order valence-corrected chi connectivity index (χ2v) is 7.00. The van der Waals surface area contributed by atoms with Crippen LogP contribution in [0.25, 0.3) is 0 Å². The second kappa shape index (κ2) is 7.39. The van der Waals surface area contributed by atoms with Crippen molar-refractivity contribution < 1.29 is 4.74 Å². The first kappa shape index (κ1) is 16.5. The highest BCUT2D eigenvalue weighted by molar-refractivity contribution is 5.28. The summed E-state index contributed by atoms with van der Waals surface area (Å²) in [6.07, 6.45) is 0. The van der Waals surface area contributed by atoms with E-state index >= 15 is 0 Å². The largest absolute Gasteiger partial charge is 0.379 e. The molecule has 1 atom stereocenters. The van der Waals surface area contributed by atoms with Crippen molar-refractivity contribution in [2.24, 2.45) is 0 Å². The number of hydrogen-bond donors (Lipinski definition) is 1. The number of hydrogen-bond acceptors (Lipinski definition) is 3. The topological polar surface area (TPSA) is 24.5 Å². The zero-order valence-corrected chi connectivity index (χ0v) is 14.0. The molecule has 21 heavy (non-hydrogen) atoms. The predicted octanol–water partition coefficient (Wildman–Crippen LogP) is 2.97. The van der Waals surface area contributed by atoms with Gasteiger partial charge >= 0.3 is 0 Å². The molecule has 1 aliphatic rings. The van der Waals surface area contributed by atoms with Crippen LogP contribution in [0.15, 0.2) is 24.3 Å². The molecule has 2 rings (SSSR count). The minimum Gasteiger partial charge on any atom is -0.379 e. The molecule has 1 N–H and O–H groups in total. The summed E-state index contributed by atoms with van der Waals surface area (Å²) in [7, 11) is 0. The van der Waals surface area contributed by atoms with Gasteiger partial charge in [0.2, 0.25) is 0 Å². The van der Waals surface area contributed by atoms with Gasteiger partial charge in [-0.05, 0) is 23.5 Å². The number of nitrogens with one attached hydrogen (secondary N) is 1. The molecule has 1 aromatic carbocycles. The van der Waals surface area contributed by atoms with E-state index < -0.39 is 0 Å². The first-order valence-electron chi connectivity index (χ1n) is 8.11. The number of nitrogens with zero attached hydrogens (tertiary/aromatic N) is 1. The fourth-order valence-corrected chi connectivity index (χ4v) is 2.65. The maximum absolute atomic E-state index is 5.37. The van der Waals surface area contributed by atoms with Crippen LogP contribution in [0.2, 0.25) is 0 Å². The molecule has 3 heteroatoms. The first-order valence-corrected chi connectivity index (χ1v) is 8.11. The van der Waals surface area contributed by atoms with Gasteiger partial charge in [0.25, 0.3) is 0 Å². The molecule has 1 aromatic rings. The standard InChI is InChI=1S/C18H30N2O/c1-15(19-9-10-20-11-13-21-14-12-20)16-5-7-17(8-6-16)18(2,3)4/h5-8,15,19H,9-14H2,1-4H3. The van der Waals surface area contributed by atoms with E-state index in [2.05, 4.69) is 62.2 Å². The maximum Gasteiger partial charge on any atom is 0.0594 e. The van der Waals surface area contributed by atoms with Gasteiger partial charge in [-0.25, -0.2) is 0 Å². The van der Waals surface area contributed by atoms with Gasteiger partial charge in [0.15, 0.2) is 0 Å². The lowest BCUT2D eigenvalue weighted by molar-refractivity contribution is 0.0382. The molecule has 0 amide bonds. The van der Waals surface area contributed by atoms with Crippen LogP contribution in [0.3, 0.4) is 0 Å². The van der Waals surface area contributed by atoms with E-state index in [1.54, 1.807) is 0 Å². The average molecular weight is 290 g/mol. The Hall–Kier alpha value is -0.900. The molecule has 3 nitrogen and oxygen atoms in total. The summed E-state index contributed by atoms with van der Waals surface area (Å²) in [5.41, 5.74) is 2.99. The van der Waals surface area contributed by atoms with E-state index in [1.165, 1.54) is 11.1 Å². The van der Waals surface area contributed by atoms with Crippen molar-refractivity contribution in [2.75, 3.05) is 39.4 Å². The van der Waals surface area contributed by atoms with E-state index in [0.717, 1.165) is 39.4 Å². The van der Waals surface area contributed by atoms with Crippen LogP contribution in [-0.2, 0) is 10.2 Å². The van der Waals surface area contributed by atoms with Crippen molar-refractivity contribution in [1.29, 1.82) is 0 Å². The van der Waals surface area contributed by atoms with Crippen LogP contribution < -0.4 is 5.32 Å². The number of benzene rings is 1. The van der Waals surface area contributed by atoms with Gasteiger partial charge in [0.1, 0.15) is 0 Å². The Morgan fingerprint density at radius 1 is 1.14 bits per heavy atom. The van der Waals surface area contributed by atoms with E-state index in [9.17, 15) is 0 Å². The number of ether oxygens (including phenoxy) is 1. The molecule has 1 saturated heterocycles. The number of morpholine rings is 1. The van der Waals surface area contributed by atoms with E-state index in [4.69, 9.17) is 4.74 Å². The summed E-state index contributed by atoms with van der Waals surface area (Å²) in [6.45, 7) is 15.0. The zero-order chi connectivity index (χ0) is 15.3. The minimum absolute atomic E-state index is 0.228. The van der Waals surface area contributed by atoms with Gasteiger partial charge in [-0.2, -0.15) is 0 Å². The summed E-state index contributed by atoms with van der Waals surface area (Å²) in [4.78, 5) is 2.46. The molecule has 1 aliphatic heterocycles. The van der Waals surface area contributed by atoms with Crippen molar-refractivity contribution >= 4 is 0 Å². The molecule has 0 spiro atoms. The molecular formula is C18H30N2O. The highest BCUT2D eigenvalue weighted by Crippen LogP contribution is 2.23. The second-order valence-electron chi connectivity index (χ2n) is 7.00. The Morgan fingerprint density at radius 3 is 2.33 bits per heavy atom. The molecule has 1 fully saturated rings. The number of rotatable bonds is 5. The average Bonchev–Trinajstić information content (AvgIpc) is 2.47. The van der Waals surface area contributed by atoms with E-state index in [1.807, 2.05) is 0 Å². The van der Waals surface area contributed by atoms with Crippen LogP contribution in [0.1, 0.15) is 44.9 Å². The van der Waals surface area contributed by atoms with Gasteiger partial charge in [-0.3, -0.25) is 4.90 Å². The van der Waals surface area contributed by atoms with Crippen molar-refractivity contribution in [3.8, 4) is 0 Å². The first-order chi connectivity index (χ1) is 9.97. The lowest BCUT2D eigenvalue weighted by Crippen LogP contribution is -2.40. The molecule has 0 radical (unpaired) electrons. The summed E-state index contributed by atoms with van der Waals surface area (Å²) in [5, 5.41) is 3.62. The third kappa shape index (κ3) is 5.10. The molecule has 0 bridgehead atoms. The van der Waals surface area contributed by atoms with E-state index in [0.29, 0.717) is 6.04 Å². The molecule has 1 heterocycles. The van der Waals surface area contributed by atoms with Crippen LogP contribution in [0.5, 0.6) is 0 Å².